The molecule has 5 nitrogen and oxygen atoms in total. The van der Waals surface area contributed by atoms with Gasteiger partial charge in [0, 0.05) is 11.8 Å². The summed E-state index contributed by atoms with van der Waals surface area (Å²) in [6.07, 6.45) is 3.09. The van der Waals surface area contributed by atoms with E-state index in [1.54, 1.807) is 12.1 Å². The van der Waals surface area contributed by atoms with Crippen LogP contribution >= 0.6 is 11.6 Å². The average molecular weight is 360 g/mol. The number of nitrogens with one attached hydrogen (secondary N) is 1. The first-order chi connectivity index (χ1) is 12.0. The second-order valence-electron chi connectivity index (χ2n) is 5.01. The molecule has 0 aliphatic heterocycles. The molecule has 2 aromatic carbocycles. The Balaban J connectivity index is 2.03. The SMILES string of the molecule is CCOc1ccc(/C=C/C(=O)Nc2ccc(Cl)c(C(=O)OC)c2)cc1. The van der Waals surface area contributed by atoms with Gasteiger partial charge in [-0.25, -0.2) is 4.79 Å². The molecule has 0 aromatic heterocycles. The largest absolute Gasteiger partial charge is 0.494 e. The number of esters is 1. The summed E-state index contributed by atoms with van der Waals surface area (Å²) in [7, 11) is 1.27. The number of methoxy groups -OCH3 is 1. The van der Waals surface area contributed by atoms with Gasteiger partial charge in [0.05, 0.1) is 24.3 Å². The molecule has 0 bridgehead atoms. The van der Waals surface area contributed by atoms with Crippen molar-refractivity contribution >= 4 is 35.2 Å². The van der Waals surface area contributed by atoms with E-state index < -0.39 is 5.97 Å². The Bertz CT molecular complexity index is 785. The van der Waals surface area contributed by atoms with Gasteiger partial charge < -0.3 is 14.8 Å². The van der Waals surface area contributed by atoms with Crippen molar-refractivity contribution in [1.29, 1.82) is 0 Å². The van der Waals surface area contributed by atoms with Gasteiger partial charge in [-0.1, -0.05) is 23.7 Å². The van der Waals surface area contributed by atoms with E-state index in [1.165, 1.54) is 25.3 Å². The van der Waals surface area contributed by atoms with Crippen LogP contribution in [0.3, 0.4) is 0 Å². The van der Waals surface area contributed by atoms with E-state index in [0.29, 0.717) is 12.3 Å². The van der Waals surface area contributed by atoms with E-state index in [9.17, 15) is 9.59 Å². The fourth-order valence-electron chi connectivity index (χ4n) is 2.07. The van der Waals surface area contributed by atoms with Crippen molar-refractivity contribution in [3.05, 3.63) is 64.7 Å². The zero-order valence-electron chi connectivity index (χ0n) is 13.9. The average Bonchev–Trinajstić information content (AvgIpc) is 2.62. The van der Waals surface area contributed by atoms with Crippen molar-refractivity contribution < 1.29 is 19.1 Å². The van der Waals surface area contributed by atoms with Gasteiger partial charge in [-0.3, -0.25) is 4.79 Å². The molecule has 0 atom stereocenters. The van der Waals surface area contributed by atoms with Gasteiger partial charge in [0.1, 0.15) is 5.75 Å². The van der Waals surface area contributed by atoms with E-state index in [1.807, 2.05) is 31.2 Å². The van der Waals surface area contributed by atoms with E-state index >= 15 is 0 Å². The number of amides is 1. The van der Waals surface area contributed by atoms with Gasteiger partial charge in [0.15, 0.2) is 0 Å². The minimum Gasteiger partial charge on any atom is -0.494 e. The molecule has 0 spiro atoms. The third-order valence-corrected chi connectivity index (χ3v) is 3.59. The lowest BCUT2D eigenvalue weighted by molar-refractivity contribution is -0.111. The molecule has 0 fully saturated rings. The zero-order chi connectivity index (χ0) is 18.2. The summed E-state index contributed by atoms with van der Waals surface area (Å²) in [5.41, 5.74) is 1.51. The van der Waals surface area contributed by atoms with E-state index in [0.717, 1.165) is 11.3 Å². The number of hydrogen-bond donors (Lipinski definition) is 1. The van der Waals surface area contributed by atoms with E-state index in [-0.39, 0.29) is 16.5 Å². The van der Waals surface area contributed by atoms with Crippen LogP contribution in [0.4, 0.5) is 5.69 Å². The number of carbonyl (C=O) groups excluding carboxylic acids is 2. The number of benzene rings is 2. The Kier molecular flexibility index (Phi) is 6.60. The van der Waals surface area contributed by atoms with Crippen LogP contribution in [0.25, 0.3) is 6.08 Å². The standard InChI is InChI=1S/C19H18ClNO4/c1-3-25-15-8-4-13(5-9-15)6-11-18(22)21-14-7-10-17(20)16(12-14)19(23)24-2/h4-12H,3H2,1-2H3,(H,21,22)/b11-6+. The maximum absolute atomic E-state index is 12.0. The molecular formula is C19H18ClNO4. The van der Waals surface area contributed by atoms with E-state index in [4.69, 9.17) is 16.3 Å². The molecular weight excluding hydrogens is 342 g/mol. The van der Waals surface area contributed by atoms with E-state index in [2.05, 4.69) is 10.1 Å². The molecule has 1 N–H and O–H groups in total. The van der Waals surface area contributed by atoms with Crippen LogP contribution in [-0.4, -0.2) is 25.6 Å². The highest BCUT2D eigenvalue weighted by Gasteiger charge is 2.11. The summed E-state index contributed by atoms with van der Waals surface area (Å²) in [6, 6.07) is 12.0. The highest BCUT2D eigenvalue weighted by Crippen LogP contribution is 2.21. The Morgan fingerprint density at radius 1 is 1.16 bits per heavy atom. The summed E-state index contributed by atoms with van der Waals surface area (Å²) in [4.78, 5) is 23.6. The van der Waals surface area contributed by atoms with Crippen LogP contribution < -0.4 is 10.1 Å². The quantitative estimate of drug-likeness (QED) is 0.620. The van der Waals surface area contributed by atoms with Crippen molar-refractivity contribution in [3.8, 4) is 5.75 Å². The summed E-state index contributed by atoms with van der Waals surface area (Å²) < 4.78 is 10.0. The molecule has 25 heavy (non-hydrogen) atoms. The Morgan fingerprint density at radius 3 is 2.52 bits per heavy atom. The Morgan fingerprint density at radius 2 is 1.88 bits per heavy atom. The highest BCUT2D eigenvalue weighted by molar-refractivity contribution is 6.33. The second-order valence-corrected chi connectivity index (χ2v) is 5.42. The first-order valence-electron chi connectivity index (χ1n) is 7.63. The summed E-state index contributed by atoms with van der Waals surface area (Å²) in [5.74, 6) is -0.112. The normalized spacial score (nSPS) is 10.5. The number of ether oxygens (including phenoxy) is 2. The maximum atomic E-state index is 12.0. The molecule has 0 saturated carbocycles. The monoisotopic (exact) mass is 359 g/mol. The Labute approximate surface area is 151 Å². The van der Waals surface area contributed by atoms with Gasteiger partial charge in [-0.05, 0) is 48.9 Å². The highest BCUT2D eigenvalue weighted by atomic mass is 35.5. The summed E-state index contributed by atoms with van der Waals surface area (Å²) in [6.45, 7) is 2.52. The molecule has 0 radical (unpaired) electrons. The van der Waals surface area contributed by atoms with Gasteiger partial charge in [0.25, 0.3) is 0 Å². The fraction of sp³-hybridized carbons (Fsp3) is 0.158. The minimum atomic E-state index is -0.564. The summed E-state index contributed by atoms with van der Waals surface area (Å²) >= 11 is 5.95. The molecule has 6 heteroatoms. The lowest BCUT2D eigenvalue weighted by atomic mass is 10.2. The van der Waals surface area contributed by atoms with Crippen LogP contribution in [0.2, 0.25) is 5.02 Å². The fourth-order valence-corrected chi connectivity index (χ4v) is 2.26. The van der Waals surface area contributed by atoms with Crippen molar-refractivity contribution in [2.24, 2.45) is 0 Å². The lowest BCUT2D eigenvalue weighted by Crippen LogP contribution is -2.09. The van der Waals surface area contributed by atoms with Crippen molar-refractivity contribution in [2.75, 3.05) is 19.0 Å². The Hall–Kier alpha value is -2.79. The maximum Gasteiger partial charge on any atom is 0.339 e. The number of rotatable bonds is 6. The van der Waals surface area contributed by atoms with Crippen LogP contribution in [0.15, 0.2) is 48.5 Å². The number of halogens is 1. The topological polar surface area (TPSA) is 64.6 Å². The first kappa shape index (κ1) is 18.5. The van der Waals surface area contributed by atoms with Crippen LogP contribution in [0.1, 0.15) is 22.8 Å². The smallest absolute Gasteiger partial charge is 0.339 e. The molecule has 0 aliphatic rings. The predicted molar refractivity (Wildman–Crippen MR) is 98.1 cm³/mol. The lowest BCUT2D eigenvalue weighted by Gasteiger charge is -2.06. The van der Waals surface area contributed by atoms with Crippen LogP contribution in [-0.2, 0) is 9.53 Å². The van der Waals surface area contributed by atoms with Gasteiger partial charge in [-0.2, -0.15) is 0 Å². The van der Waals surface area contributed by atoms with Crippen molar-refractivity contribution in [3.63, 3.8) is 0 Å². The summed E-state index contributed by atoms with van der Waals surface area (Å²) in [5, 5.41) is 2.93. The zero-order valence-corrected chi connectivity index (χ0v) is 14.7. The molecule has 0 aliphatic carbocycles. The van der Waals surface area contributed by atoms with Gasteiger partial charge in [0.2, 0.25) is 5.91 Å². The van der Waals surface area contributed by atoms with Crippen LogP contribution in [0, 0.1) is 0 Å². The second kappa shape index (κ2) is 8.89. The molecule has 2 aromatic rings. The molecule has 1 amide bonds. The molecule has 130 valence electrons. The number of carbonyl (C=O) groups is 2. The van der Waals surface area contributed by atoms with Crippen molar-refractivity contribution in [2.45, 2.75) is 6.92 Å². The third kappa shape index (κ3) is 5.36. The molecule has 0 heterocycles. The number of hydrogen-bond acceptors (Lipinski definition) is 4. The first-order valence-corrected chi connectivity index (χ1v) is 8.01. The van der Waals surface area contributed by atoms with Gasteiger partial charge >= 0.3 is 5.97 Å². The minimum absolute atomic E-state index is 0.192. The molecule has 2 rings (SSSR count). The molecule has 0 saturated heterocycles. The van der Waals surface area contributed by atoms with Gasteiger partial charge in [-0.15, -0.1) is 0 Å². The predicted octanol–water partition coefficient (Wildman–Crippen LogP) is 4.18. The number of anilines is 1. The van der Waals surface area contributed by atoms with Crippen LogP contribution in [0.5, 0.6) is 5.75 Å². The molecule has 0 unspecified atom stereocenters. The van der Waals surface area contributed by atoms with Crippen molar-refractivity contribution in [1.82, 2.24) is 0 Å². The third-order valence-electron chi connectivity index (χ3n) is 3.26.